The van der Waals surface area contributed by atoms with Gasteiger partial charge in [0.25, 0.3) is 5.91 Å². The van der Waals surface area contributed by atoms with Crippen LogP contribution < -0.4 is 5.32 Å². The van der Waals surface area contributed by atoms with Crippen molar-refractivity contribution in [2.45, 2.75) is 26.7 Å². The van der Waals surface area contributed by atoms with Gasteiger partial charge in [0, 0.05) is 23.2 Å². The second-order valence-corrected chi connectivity index (χ2v) is 8.32. The topological polar surface area (TPSA) is 59.8 Å². The minimum atomic E-state index is -0.235. The first-order chi connectivity index (χ1) is 14.5. The van der Waals surface area contributed by atoms with E-state index in [0.717, 1.165) is 29.8 Å². The third-order valence-corrected chi connectivity index (χ3v) is 6.04. The number of hydrogen-bond donors (Lipinski definition) is 1. The van der Waals surface area contributed by atoms with Gasteiger partial charge in [0.2, 0.25) is 0 Å². The zero-order chi connectivity index (χ0) is 21.1. The maximum atomic E-state index is 12.6. The summed E-state index contributed by atoms with van der Waals surface area (Å²) in [5.41, 5.74) is 5.69. The van der Waals surface area contributed by atoms with E-state index in [-0.39, 0.29) is 5.91 Å². The summed E-state index contributed by atoms with van der Waals surface area (Å²) < 4.78 is 1.69. The number of aryl methyl sites for hydroxylation is 3. The second-order valence-electron chi connectivity index (χ2n) is 7.23. The van der Waals surface area contributed by atoms with Gasteiger partial charge in [-0.2, -0.15) is 5.10 Å². The molecule has 0 aliphatic carbocycles. The summed E-state index contributed by atoms with van der Waals surface area (Å²) in [4.78, 5) is 18.5. The molecule has 0 aliphatic rings. The van der Waals surface area contributed by atoms with E-state index in [1.807, 2.05) is 32.2 Å². The Morgan fingerprint density at radius 2 is 1.70 bits per heavy atom. The lowest BCUT2D eigenvalue weighted by molar-refractivity contribution is 0.102. The number of rotatable bonds is 6. The summed E-state index contributed by atoms with van der Waals surface area (Å²) in [5, 5.41) is 7.77. The lowest BCUT2D eigenvalue weighted by Gasteiger charge is -2.04. The van der Waals surface area contributed by atoms with Crippen LogP contribution in [0, 0.1) is 6.92 Å². The van der Waals surface area contributed by atoms with Gasteiger partial charge >= 0.3 is 0 Å². The molecule has 1 amide bonds. The molecule has 0 saturated carbocycles. The van der Waals surface area contributed by atoms with Crippen molar-refractivity contribution >= 4 is 22.4 Å². The molecule has 2 aromatic heterocycles. The third-order valence-electron chi connectivity index (χ3n) is 5.01. The number of carbonyl (C=O) groups is 1. The summed E-state index contributed by atoms with van der Waals surface area (Å²) in [6, 6.07) is 20.5. The van der Waals surface area contributed by atoms with E-state index >= 15 is 0 Å². The molecule has 152 valence electrons. The van der Waals surface area contributed by atoms with E-state index in [0.29, 0.717) is 10.8 Å². The maximum Gasteiger partial charge on any atom is 0.277 e. The van der Waals surface area contributed by atoms with Crippen molar-refractivity contribution < 1.29 is 4.79 Å². The van der Waals surface area contributed by atoms with Crippen LogP contribution in [0.5, 0.6) is 0 Å². The molecule has 2 heterocycles. The molecule has 0 fully saturated rings. The number of aromatic nitrogens is 3. The summed E-state index contributed by atoms with van der Waals surface area (Å²) in [6.07, 6.45) is 1.94. The molecule has 0 radical (unpaired) electrons. The maximum absolute atomic E-state index is 12.6. The van der Waals surface area contributed by atoms with E-state index in [1.54, 1.807) is 10.7 Å². The van der Waals surface area contributed by atoms with Crippen LogP contribution in [-0.2, 0) is 13.5 Å². The van der Waals surface area contributed by atoms with Crippen LogP contribution in [0.3, 0.4) is 0 Å². The van der Waals surface area contributed by atoms with Gasteiger partial charge < -0.3 is 0 Å². The summed E-state index contributed by atoms with van der Waals surface area (Å²) in [5.74, 6) is -0.235. The Hall–Kier alpha value is -3.25. The summed E-state index contributed by atoms with van der Waals surface area (Å²) >= 11 is 1.54. The number of carbonyl (C=O) groups excluding carboxylic acids is 1. The van der Waals surface area contributed by atoms with E-state index in [1.165, 1.54) is 27.3 Å². The molecular formula is C24H24N4OS. The standard InChI is InChI=1S/C24H24N4OS/c1-4-8-21-22(19-13-11-18(12-14-19)17-9-6-5-7-10-17)25-24(30-21)26-23(29)20-15-16(2)28(3)27-20/h5-7,9-15H,4,8H2,1-3H3,(H,25,26,29). The van der Waals surface area contributed by atoms with E-state index in [2.05, 4.69) is 53.7 Å². The summed E-state index contributed by atoms with van der Waals surface area (Å²) in [6.45, 7) is 4.07. The SMILES string of the molecule is CCCc1sc(NC(=O)c2cc(C)n(C)n2)nc1-c1ccc(-c2ccccc2)cc1. The molecule has 0 bridgehead atoms. The van der Waals surface area contributed by atoms with Crippen molar-refractivity contribution in [1.29, 1.82) is 0 Å². The predicted octanol–water partition coefficient (Wildman–Crippen LogP) is 5.72. The first-order valence-electron chi connectivity index (χ1n) is 10.0. The van der Waals surface area contributed by atoms with Gasteiger partial charge in [-0.05, 0) is 30.5 Å². The number of thiazole rings is 1. The van der Waals surface area contributed by atoms with Gasteiger partial charge in [0.1, 0.15) is 0 Å². The third kappa shape index (κ3) is 4.19. The number of nitrogens with zero attached hydrogens (tertiary/aromatic N) is 3. The van der Waals surface area contributed by atoms with Gasteiger partial charge in [-0.1, -0.05) is 67.9 Å². The Morgan fingerprint density at radius 1 is 1.03 bits per heavy atom. The highest BCUT2D eigenvalue weighted by Gasteiger charge is 2.17. The zero-order valence-electron chi connectivity index (χ0n) is 17.3. The van der Waals surface area contributed by atoms with Gasteiger partial charge in [0.05, 0.1) is 5.69 Å². The normalized spacial score (nSPS) is 10.9. The van der Waals surface area contributed by atoms with Crippen molar-refractivity contribution in [1.82, 2.24) is 14.8 Å². The molecule has 0 atom stereocenters. The largest absolute Gasteiger partial charge is 0.296 e. The number of hydrogen-bond acceptors (Lipinski definition) is 4. The Morgan fingerprint density at radius 3 is 2.33 bits per heavy atom. The van der Waals surface area contributed by atoms with Crippen LogP contribution in [0.25, 0.3) is 22.4 Å². The highest BCUT2D eigenvalue weighted by Crippen LogP contribution is 2.33. The molecule has 0 unspecified atom stereocenters. The number of nitrogens with one attached hydrogen (secondary N) is 1. The van der Waals surface area contributed by atoms with Crippen molar-refractivity contribution in [2.75, 3.05) is 5.32 Å². The average molecular weight is 417 g/mol. The molecule has 0 aliphatic heterocycles. The minimum absolute atomic E-state index is 0.235. The van der Waals surface area contributed by atoms with Gasteiger partial charge in [-0.3, -0.25) is 14.8 Å². The fraction of sp³-hybridized carbons (Fsp3) is 0.208. The lowest BCUT2D eigenvalue weighted by Crippen LogP contribution is -2.12. The van der Waals surface area contributed by atoms with E-state index in [4.69, 9.17) is 4.98 Å². The van der Waals surface area contributed by atoms with Crippen LogP contribution in [-0.4, -0.2) is 20.7 Å². The van der Waals surface area contributed by atoms with E-state index < -0.39 is 0 Å². The first kappa shape index (κ1) is 20.0. The highest BCUT2D eigenvalue weighted by atomic mass is 32.1. The molecule has 4 aromatic rings. The van der Waals surface area contributed by atoms with Crippen LogP contribution >= 0.6 is 11.3 Å². The molecular weight excluding hydrogens is 392 g/mol. The molecule has 0 saturated heterocycles. The number of benzene rings is 2. The van der Waals surface area contributed by atoms with Crippen LogP contribution in [0.1, 0.15) is 34.4 Å². The van der Waals surface area contributed by atoms with Crippen LogP contribution in [0.15, 0.2) is 60.7 Å². The van der Waals surface area contributed by atoms with Crippen molar-refractivity contribution in [3.8, 4) is 22.4 Å². The Labute approximate surface area is 180 Å². The monoisotopic (exact) mass is 416 g/mol. The lowest BCUT2D eigenvalue weighted by atomic mass is 10.0. The molecule has 4 rings (SSSR count). The van der Waals surface area contributed by atoms with Crippen molar-refractivity contribution in [3.63, 3.8) is 0 Å². The quantitative estimate of drug-likeness (QED) is 0.437. The fourth-order valence-electron chi connectivity index (χ4n) is 3.31. The first-order valence-corrected chi connectivity index (χ1v) is 10.8. The molecule has 30 heavy (non-hydrogen) atoms. The van der Waals surface area contributed by atoms with Crippen LogP contribution in [0.4, 0.5) is 5.13 Å². The van der Waals surface area contributed by atoms with Crippen molar-refractivity contribution in [2.24, 2.45) is 7.05 Å². The highest BCUT2D eigenvalue weighted by molar-refractivity contribution is 7.16. The molecule has 2 aromatic carbocycles. The van der Waals surface area contributed by atoms with Gasteiger partial charge in [-0.25, -0.2) is 4.98 Å². The predicted molar refractivity (Wildman–Crippen MR) is 123 cm³/mol. The smallest absolute Gasteiger partial charge is 0.277 e. The second kappa shape index (κ2) is 8.63. The van der Waals surface area contributed by atoms with Crippen LogP contribution in [0.2, 0.25) is 0 Å². The molecule has 5 nitrogen and oxygen atoms in total. The molecule has 6 heteroatoms. The number of anilines is 1. The molecule has 0 spiro atoms. The Kier molecular flexibility index (Phi) is 5.77. The van der Waals surface area contributed by atoms with E-state index in [9.17, 15) is 4.79 Å². The zero-order valence-corrected chi connectivity index (χ0v) is 18.2. The van der Waals surface area contributed by atoms with Crippen molar-refractivity contribution in [3.05, 3.63) is 76.9 Å². The summed E-state index contributed by atoms with van der Waals surface area (Å²) in [7, 11) is 1.83. The number of amides is 1. The minimum Gasteiger partial charge on any atom is -0.296 e. The Balaban J connectivity index is 1.60. The van der Waals surface area contributed by atoms with Gasteiger partial charge in [-0.15, -0.1) is 11.3 Å². The molecule has 1 N–H and O–H groups in total. The fourth-order valence-corrected chi connectivity index (χ4v) is 4.39. The van der Waals surface area contributed by atoms with Gasteiger partial charge in [0.15, 0.2) is 10.8 Å². The Bertz CT molecular complexity index is 1140. The average Bonchev–Trinajstić information content (AvgIpc) is 3.32.